The van der Waals surface area contributed by atoms with E-state index in [1.54, 1.807) is 6.07 Å². The quantitative estimate of drug-likeness (QED) is 0.779. The van der Waals surface area contributed by atoms with Crippen LogP contribution in [0.1, 0.15) is 0 Å². The highest BCUT2D eigenvalue weighted by molar-refractivity contribution is 5.99. The maximum atomic E-state index is 6.07. The molecular weight excluding hydrogens is 274 g/mol. The number of ether oxygens (including phenoxy) is 1. The Morgan fingerprint density at radius 1 is 0.955 bits per heavy atom. The number of pyridine rings is 1. The first-order valence-corrected chi connectivity index (χ1v) is 7.43. The number of nitrogens with one attached hydrogen (secondary N) is 1. The average Bonchev–Trinajstić information content (AvgIpc) is 2.50. The molecule has 4 heteroatoms. The van der Waals surface area contributed by atoms with Crippen molar-refractivity contribution in [1.82, 2.24) is 10.3 Å². The van der Waals surface area contributed by atoms with Gasteiger partial charge in [-0.25, -0.2) is 4.98 Å². The van der Waals surface area contributed by atoms with E-state index in [9.17, 15) is 0 Å². The molecule has 4 nitrogen and oxygen atoms in total. The van der Waals surface area contributed by atoms with Crippen molar-refractivity contribution in [2.75, 3.05) is 18.8 Å². The molecule has 2 aromatic carbocycles. The minimum atomic E-state index is 0.264. The van der Waals surface area contributed by atoms with Crippen LogP contribution in [-0.4, -0.2) is 24.2 Å². The van der Waals surface area contributed by atoms with Crippen LogP contribution < -0.4 is 15.8 Å². The van der Waals surface area contributed by atoms with E-state index in [0.29, 0.717) is 5.82 Å². The van der Waals surface area contributed by atoms with E-state index in [2.05, 4.69) is 28.5 Å². The predicted molar refractivity (Wildman–Crippen MR) is 88.9 cm³/mol. The Hall–Kier alpha value is -2.59. The molecule has 0 spiro atoms. The number of nitrogen functional groups attached to an aromatic ring is 1. The molecule has 1 aliphatic rings. The fourth-order valence-electron chi connectivity index (χ4n) is 2.72. The summed E-state index contributed by atoms with van der Waals surface area (Å²) in [6, 6.07) is 18.1. The third-order valence-corrected chi connectivity index (χ3v) is 3.97. The second-order valence-electron chi connectivity index (χ2n) is 5.50. The second-order valence-corrected chi connectivity index (χ2v) is 5.50. The van der Waals surface area contributed by atoms with Crippen LogP contribution >= 0.6 is 0 Å². The van der Waals surface area contributed by atoms with Crippen molar-refractivity contribution < 1.29 is 4.74 Å². The molecule has 110 valence electrons. The normalized spacial score (nSPS) is 14.7. The first kappa shape index (κ1) is 13.1. The molecule has 0 atom stereocenters. The highest BCUT2D eigenvalue weighted by atomic mass is 16.5. The third kappa shape index (κ3) is 2.27. The number of nitrogens with zero attached hydrogens (tertiary/aromatic N) is 1. The van der Waals surface area contributed by atoms with Crippen molar-refractivity contribution in [3.63, 3.8) is 0 Å². The van der Waals surface area contributed by atoms with Gasteiger partial charge in [-0.15, -0.1) is 0 Å². The van der Waals surface area contributed by atoms with Gasteiger partial charge in [-0.2, -0.15) is 0 Å². The lowest BCUT2D eigenvalue weighted by atomic mass is 10.0. The fraction of sp³-hybridized carbons (Fsp3) is 0.167. The molecule has 1 saturated heterocycles. The highest BCUT2D eigenvalue weighted by Gasteiger charge is 2.19. The molecule has 22 heavy (non-hydrogen) atoms. The van der Waals surface area contributed by atoms with Crippen LogP contribution in [0.2, 0.25) is 0 Å². The minimum Gasteiger partial charge on any atom is -0.487 e. The molecule has 3 N–H and O–H groups in total. The molecule has 1 fully saturated rings. The minimum absolute atomic E-state index is 0.264. The maximum Gasteiger partial charge on any atom is 0.127 e. The van der Waals surface area contributed by atoms with Crippen molar-refractivity contribution in [2.24, 2.45) is 0 Å². The van der Waals surface area contributed by atoms with Gasteiger partial charge in [0.15, 0.2) is 0 Å². The van der Waals surface area contributed by atoms with Crippen molar-refractivity contribution in [2.45, 2.75) is 6.10 Å². The summed E-state index contributed by atoms with van der Waals surface area (Å²) in [5.41, 5.74) is 7.77. The topological polar surface area (TPSA) is 60.2 Å². The zero-order valence-corrected chi connectivity index (χ0v) is 12.1. The summed E-state index contributed by atoms with van der Waals surface area (Å²) < 4.78 is 6.07. The van der Waals surface area contributed by atoms with E-state index in [1.807, 2.05) is 30.3 Å². The number of nitrogens with two attached hydrogens (primary N) is 1. The van der Waals surface area contributed by atoms with Crippen LogP contribution in [-0.2, 0) is 0 Å². The summed E-state index contributed by atoms with van der Waals surface area (Å²) in [6.07, 6.45) is 0.264. The monoisotopic (exact) mass is 291 g/mol. The van der Waals surface area contributed by atoms with Gasteiger partial charge in [-0.1, -0.05) is 30.3 Å². The smallest absolute Gasteiger partial charge is 0.127 e. The van der Waals surface area contributed by atoms with E-state index in [-0.39, 0.29) is 6.10 Å². The molecular formula is C18H17N3O. The van der Waals surface area contributed by atoms with Crippen LogP contribution in [0.4, 0.5) is 5.82 Å². The van der Waals surface area contributed by atoms with Gasteiger partial charge in [0, 0.05) is 24.0 Å². The van der Waals surface area contributed by atoms with E-state index < -0.39 is 0 Å². The Bertz CT molecular complexity index is 827. The number of rotatable bonds is 3. The summed E-state index contributed by atoms with van der Waals surface area (Å²) >= 11 is 0. The largest absolute Gasteiger partial charge is 0.487 e. The van der Waals surface area contributed by atoms with Gasteiger partial charge in [-0.3, -0.25) is 0 Å². The van der Waals surface area contributed by atoms with Crippen molar-refractivity contribution >= 4 is 16.6 Å². The fourth-order valence-corrected chi connectivity index (χ4v) is 2.72. The van der Waals surface area contributed by atoms with Crippen LogP contribution in [0.25, 0.3) is 22.0 Å². The lowest BCUT2D eigenvalue weighted by Gasteiger charge is -2.28. The van der Waals surface area contributed by atoms with Crippen LogP contribution in [0.15, 0.2) is 54.6 Å². The van der Waals surface area contributed by atoms with Crippen LogP contribution in [0, 0.1) is 0 Å². The van der Waals surface area contributed by atoms with Crippen LogP contribution in [0.3, 0.4) is 0 Å². The molecule has 0 radical (unpaired) electrons. The second kappa shape index (κ2) is 5.31. The molecule has 1 aliphatic heterocycles. The number of fused-ring (bicyclic) bond motifs is 1. The summed E-state index contributed by atoms with van der Waals surface area (Å²) in [6.45, 7) is 1.82. The predicted octanol–water partition coefficient (Wildman–Crippen LogP) is 2.83. The van der Waals surface area contributed by atoms with Gasteiger partial charge in [0.2, 0.25) is 0 Å². The van der Waals surface area contributed by atoms with Gasteiger partial charge in [0.05, 0.1) is 5.69 Å². The number of aromatic nitrogens is 1. The van der Waals surface area contributed by atoms with Crippen molar-refractivity contribution in [3.05, 3.63) is 54.6 Å². The third-order valence-electron chi connectivity index (χ3n) is 3.97. The van der Waals surface area contributed by atoms with E-state index >= 15 is 0 Å². The number of hydrogen-bond acceptors (Lipinski definition) is 4. The van der Waals surface area contributed by atoms with Gasteiger partial charge in [0.25, 0.3) is 0 Å². The zero-order valence-electron chi connectivity index (χ0n) is 12.1. The molecule has 1 aromatic heterocycles. The maximum absolute atomic E-state index is 6.07. The van der Waals surface area contributed by atoms with Crippen molar-refractivity contribution in [3.8, 4) is 17.0 Å². The molecule has 0 amide bonds. The molecule has 0 unspecified atom stereocenters. The zero-order chi connectivity index (χ0) is 14.9. The van der Waals surface area contributed by atoms with Gasteiger partial charge >= 0.3 is 0 Å². The van der Waals surface area contributed by atoms with Crippen LogP contribution in [0.5, 0.6) is 5.75 Å². The Labute approximate surface area is 128 Å². The SMILES string of the molecule is Nc1cccc(-c2ccc(OC3CNC3)c3ccccc23)n1. The number of hydrogen-bond donors (Lipinski definition) is 2. The first-order valence-electron chi connectivity index (χ1n) is 7.43. The highest BCUT2D eigenvalue weighted by Crippen LogP contribution is 2.34. The number of anilines is 1. The Morgan fingerprint density at radius 2 is 1.77 bits per heavy atom. The molecule has 0 bridgehead atoms. The van der Waals surface area contributed by atoms with Gasteiger partial charge < -0.3 is 15.8 Å². The average molecular weight is 291 g/mol. The molecule has 0 aliphatic carbocycles. The first-order chi connectivity index (χ1) is 10.8. The lowest BCUT2D eigenvalue weighted by Crippen LogP contribution is -2.50. The van der Waals surface area contributed by atoms with Gasteiger partial charge in [0.1, 0.15) is 17.7 Å². The summed E-state index contributed by atoms with van der Waals surface area (Å²) in [5, 5.41) is 5.46. The molecule has 2 heterocycles. The molecule has 3 aromatic rings. The summed E-state index contributed by atoms with van der Waals surface area (Å²) in [7, 11) is 0. The Balaban J connectivity index is 1.85. The molecule has 4 rings (SSSR count). The van der Waals surface area contributed by atoms with Gasteiger partial charge in [-0.05, 0) is 29.7 Å². The van der Waals surface area contributed by atoms with Crippen molar-refractivity contribution in [1.29, 1.82) is 0 Å². The Kier molecular flexibility index (Phi) is 3.16. The van der Waals surface area contributed by atoms with E-state index in [1.165, 1.54) is 0 Å². The Morgan fingerprint density at radius 3 is 2.50 bits per heavy atom. The molecule has 0 saturated carbocycles. The summed E-state index contributed by atoms with van der Waals surface area (Å²) in [4.78, 5) is 4.44. The van der Waals surface area contributed by atoms with E-state index in [0.717, 1.165) is 40.9 Å². The lowest BCUT2D eigenvalue weighted by molar-refractivity contribution is 0.144. The summed E-state index contributed by atoms with van der Waals surface area (Å²) in [5.74, 6) is 1.46. The number of benzene rings is 2. The van der Waals surface area contributed by atoms with E-state index in [4.69, 9.17) is 10.5 Å². The standard InChI is InChI=1S/C18H17N3O/c19-18-7-3-6-16(21-18)14-8-9-17(22-12-10-20-11-12)15-5-2-1-4-13(14)15/h1-9,12,20H,10-11H2,(H2,19,21).